The number of carbonyl (C=O) groups is 4. The molecule has 6 atom stereocenters. The number of likely N-dealkylation sites (tertiary alicyclic amines) is 1. The van der Waals surface area contributed by atoms with Gasteiger partial charge in [0.1, 0.15) is 18.1 Å². The lowest BCUT2D eigenvalue weighted by Gasteiger charge is -2.49. The molecule has 1 aromatic carbocycles. The first-order valence-corrected chi connectivity index (χ1v) is 15.1. The monoisotopic (exact) mass is 742 g/mol. The minimum Gasteiger partial charge on any atom is -0.463 e. The molecule has 240 valence electrons. The van der Waals surface area contributed by atoms with Crippen LogP contribution in [0.25, 0.3) is 0 Å². The van der Waals surface area contributed by atoms with Crippen molar-refractivity contribution in [2.45, 2.75) is 47.5 Å². The average molecular weight is 744 g/mol. The summed E-state index contributed by atoms with van der Waals surface area (Å²) in [4.78, 5) is 51.5. The van der Waals surface area contributed by atoms with Gasteiger partial charge in [-0.1, -0.05) is 27.6 Å². The lowest BCUT2D eigenvalue weighted by molar-refractivity contribution is -0.143. The topological polar surface area (TPSA) is 108 Å². The predicted molar refractivity (Wildman–Crippen MR) is 147 cm³/mol. The quantitative estimate of drug-likeness (QED) is 0.141. The van der Waals surface area contributed by atoms with E-state index < -0.39 is 99.2 Å². The number of hydrogen-bond acceptors (Lipinski definition) is 6. The smallest absolute Gasteiger partial charge is 0.416 e. The van der Waals surface area contributed by atoms with Gasteiger partial charge in [-0.25, -0.2) is 4.90 Å². The van der Waals surface area contributed by atoms with Crippen LogP contribution in [0.1, 0.15) is 41.4 Å². The number of fused-ring (bicyclic) bond motifs is 4. The molecule has 4 aliphatic rings. The molecule has 17 heteroatoms. The van der Waals surface area contributed by atoms with E-state index in [1.807, 2.05) is 0 Å². The van der Waals surface area contributed by atoms with E-state index in [4.69, 9.17) is 27.6 Å². The van der Waals surface area contributed by atoms with Crippen LogP contribution in [0.3, 0.4) is 0 Å². The Morgan fingerprint density at radius 3 is 2.09 bits per heavy atom. The Morgan fingerprint density at radius 1 is 0.933 bits per heavy atom. The maximum Gasteiger partial charge on any atom is 0.416 e. The lowest BCUT2D eigenvalue weighted by Crippen LogP contribution is -2.60. The molecule has 2 aliphatic heterocycles. The lowest BCUT2D eigenvalue weighted by atomic mass is 9.57. The molecule has 0 bridgehead atoms. The number of anilines is 1. The molecule has 6 unspecified atom stereocenters. The zero-order valence-electron chi connectivity index (χ0n) is 22.4. The van der Waals surface area contributed by atoms with Crippen molar-refractivity contribution in [3.05, 3.63) is 64.6 Å². The molecule has 3 fully saturated rings. The summed E-state index contributed by atoms with van der Waals surface area (Å²) in [5.41, 5.74) is -4.36. The molecule has 2 aliphatic carbocycles. The van der Waals surface area contributed by atoms with Crippen LogP contribution in [0.15, 0.2) is 46.4 Å². The van der Waals surface area contributed by atoms with E-state index in [-0.39, 0.29) is 35.0 Å². The van der Waals surface area contributed by atoms with Crippen molar-refractivity contribution in [1.29, 1.82) is 0 Å². The zero-order valence-corrected chi connectivity index (χ0v) is 25.5. The van der Waals surface area contributed by atoms with Crippen molar-refractivity contribution in [3.8, 4) is 0 Å². The van der Waals surface area contributed by atoms with Gasteiger partial charge in [-0.2, -0.15) is 26.3 Å². The van der Waals surface area contributed by atoms with Gasteiger partial charge in [0.2, 0.25) is 11.8 Å². The van der Waals surface area contributed by atoms with E-state index in [9.17, 15) is 50.6 Å². The molecular weight excluding hydrogens is 725 g/mol. The second-order valence-corrected chi connectivity index (χ2v) is 13.0. The van der Waals surface area contributed by atoms with Gasteiger partial charge < -0.3 is 9.52 Å². The number of carbonyl (C=O) groups excluding carboxylic acids is 4. The summed E-state index contributed by atoms with van der Waals surface area (Å²) in [5.74, 6) is -8.88. The highest BCUT2D eigenvalue weighted by atomic mass is 79.9. The predicted octanol–water partition coefficient (Wildman–Crippen LogP) is 5.73. The third kappa shape index (κ3) is 4.43. The third-order valence-electron chi connectivity index (χ3n) is 8.97. The van der Waals surface area contributed by atoms with Crippen molar-refractivity contribution in [1.82, 2.24) is 4.90 Å². The molecule has 1 aromatic heterocycles. The highest BCUT2D eigenvalue weighted by Crippen LogP contribution is 2.65. The molecular formula is C28H19BrCl2F6N2O6. The highest BCUT2D eigenvalue weighted by Gasteiger charge is 2.77. The number of amides is 4. The SMILES string of the molecule is O=C1C2CC=C3C(CC4(Cl)C(=O)N(CBr)C(=O)C4(Cl)C3c3ccc(CO)o3)C2C(=O)N1c1cc(C(F)(F)F)cc(C(F)(F)F)c1. The average Bonchev–Trinajstić information content (AvgIpc) is 3.58. The first kappa shape index (κ1) is 32.1. The number of halogens is 9. The maximum atomic E-state index is 14.0. The molecule has 3 heterocycles. The summed E-state index contributed by atoms with van der Waals surface area (Å²) in [5, 5.41) is 9.59. The number of allylic oxidation sites excluding steroid dienone is 2. The van der Waals surface area contributed by atoms with Gasteiger partial charge in [0.05, 0.1) is 40.0 Å². The Morgan fingerprint density at radius 2 is 1.56 bits per heavy atom. The fourth-order valence-electron chi connectivity index (χ4n) is 7.02. The molecule has 6 rings (SSSR count). The fraction of sp³-hybridized carbons (Fsp3) is 0.429. The minimum absolute atomic E-state index is 0.00683. The summed E-state index contributed by atoms with van der Waals surface area (Å²) in [6.07, 6.45) is -9.62. The molecule has 8 nitrogen and oxygen atoms in total. The van der Waals surface area contributed by atoms with Crippen LogP contribution in [0.2, 0.25) is 0 Å². The molecule has 4 amide bonds. The minimum atomic E-state index is -5.23. The molecule has 1 saturated carbocycles. The second-order valence-electron chi connectivity index (χ2n) is 11.2. The number of alkyl halides is 9. The normalized spacial score (nSPS) is 31.7. The largest absolute Gasteiger partial charge is 0.463 e. The van der Waals surface area contributed by atoms with Crippen molar-refractivity contribution in [2.75, 3.05) is 10.4 Å². The number of rotatable bonds is 4. The summed E-state index contributed by atoms with van der Waals surface area (Å²) in [6, 6.07) is 3.26. The number of benzene rings is 1. The standard InChI is InChI=1S/C28H19BrCl2F6N2O6/c29-10-38-23(43)25(30)8-17-15(20(26(25,31)24(38)44)18-4-1-14(9-40)45-18)2-3-16-19(17)22(42)39(21(16)41)13-6-11(27(32,33)34)5-12(7-13)28(35,36)37/h1-2,4-7,16-17,19-20,40H,3,8-10H2. The van der Waals surface area contributed by atoms with Crippen molar-refractivity contribution >= 4 is 68.4 Å². The number of imide groups is 2. The van der Waals surface area contributed by atoms with Crippen LogP contribution in [0, 0.1) is 17.8 Å². The second kappa shape index (κ2) is 10.3. The Hall–Kier alpha value is -2.88. The van der Waals surface area contributed by atoms with E-state index in [1.165, 1.54) is 18.2 Å². The van der Waals surface area contributed by atoms with Crippen molar-refractivity contribution < 1.29 is 55.0 Å². The van der Waals surface area contributed by atoms with E-state index in [1.54, 1.807) is 0 Å². The van der Waals surface area contributed by atoms with E-state index in [0.717, 1.165) is 4.90 Å². The summed E-state index contributed by atoms with van der Waals surface area (Å²) in [7, 11) is 0. The first-order valence-electron chi connectivity index (χ1n) is 13.3. The summed E-state index contributed by atoms with van der Waals surface area (Å²) < 4.78 is 87.4. The highest BCUT2D eigenvalue weighted by molar-refractivity contribution is 9.09. The Labute approximate surface area is 268 Å². The van der Waals surface area contributed by atoms with Gasteiger partial charge in [-0.05, 0) is 49.1 Å². The van der Waals surface area contributed by atoms with Crippen LogP contribution < -0.4 is 4.90 Å². The number of nitrogens with zero attached hydrogens (tertiary/aromatic N) is 2. The van der Waals surface area contributed by atoms with Crippen LogP contribution in [-0.2, 0) is 38.1 Å². The van der Waals surface area contributed by atoms with Crippen molar-refractivity contribution in [2.24, 2.45) is 17.8 Å². The Balaban J connectivity index is 1.49. The van der Waals surface area contributed by atoms with Gasteiger partial charge in [0, 0.05) is 0 Å². The number of aliphatic hydroxyl groups excluding tert-OH is 1. The van der Waals surface area contributed by atoms with Gasteiger partial charge >= 0.3 is 12.4 Å². The first-order chi connectivity index (χ1) is 20.9. The summed E-state index contributed by atoms with van der Waals surface area (Å²) in [6.45, 7) is -0.541. The molecule has 0 spiro atoms. The van der Waals surface area contributed by atoms with Crippen LogP contribution in [0.4, 0.5) is 32.0 Å². The van der Waals surface area contributed by atoms with E-state index in [2.05, 4.69) is 15.9 Å². The number of furan rings is 1. The van der Waals surface area contributed by atoms with E-state index >= 15 is 0 Å². The van der Waals surface area contributed by atoms with Gasteiger partial charge in [-0.15, -0.1) is 23.2 Å². The van der Waals surface area contributed by atoms with Crippen LogP contribution >= 0.6 is 39.1 Å². The summed E-state index contributed by atoms with van der Waals surface area (Å²) >= 11 is 17.1. The Bertz CT molecular complexity index is 1660. The molecule has 2 aromatic rings. The number of hydrogen-bond donors (Lipinski definition) is 1. The molecule has 1 N–H and O–H groups in total. The zero-order chi connectivity index (χ0) is 33.0. The van der Waals surface area contributed by atoms with E-state index in [0.29, 0.717) is 17.0 Å². The van der Waals surface area contributed by atoms with Gasteiger partial charge in [0.25, 0.3) is 11.8 Å². The maximum absolute atomic E-state index is 14.0. The van der Waals surface area contributed by atoms with Crippen LogP contribution in [0.5, 0.6) is 0 Å². The molecule has 0 radical (unpaired) electrons. The van der Waals surface area contributed by atoms with Gasteiger partial charge in [0.15, 0.2) is 9.75 Å². The molecule has 2 saturated heterocycles. The third-order valence-corrected chi connectivity index (χ3v) is 10.9. The van der Waals surface area contributed by atoms with Crippen LogP contribution in [-0.4, -0.2) is 48.8 Å². The van der Waals surface area contributed by atoms with Crippen molar-refractivity contribution in [3.63, 3.8) is 0 Å². The molecule has 45 heavy (non-hydrogen) atoms. The fourth-order valence-corrected chi connectivity index (χ4v) is 8.43. The Kier molecular flexibility index (Phi) is 7.35. The number of aliphatic hydroxyl groups is 1. The van der Waals surface area contributed by atoms with Gasteiger partial charge in [-0.3, -0.25) is 24.1 Å².